The first-order chi connectivity index (χ1) is 13.1. The highest BCUT2D eigenvalue weighted by atomic mass is 16.5. The van der Waals surface area contributed by atoms with Crippen molar-refractivity contribution in [2.24, 2.45) is 5.41 Å². The quantitative estimate of drug-likeness (QED) is 0.543. The van der Waals surface area contributed by atoms with Gasteiger partial charge in [-0.3, -0.25) is 4.79 Å². The van der Waals surface area contributed by atoms with E-state index >= 15 is 0 Å². The van der Waals surface area contributed by atoms with Crippen molar-refractivity contribution in [3.05, 3.63) is 33.9 Å². The van der Waals surface area contributed by atoms with Crippen LogP contribution in [-0.2, 0) is 27.3 Å². The van der Waals surface area contributed by atoms with Crippen LogP contribution in [0.1, 0.15) is 54.7 Å². The van der Waals surface area contributed by atoms with E-state index in [4.69, 9.17) is 14.2 Å². The molecule has 0 spiro atoms. The Labute approximate surface area is 164 Å². The third-order valence-corrected chi connectivity index (χ3v) is 5.19. The molecule has 1 aliphatic heterocycles. The van der Waals surface area contributed by atoms with Gasteiger partial charge in [-0.2, -0.15) is 0 Å². The van der Waals surface area contributed by atoms with Gasteiger partial charge in [-0.15, -0.1) is 0 Å². The molecule has 0 saturated heterocycles. The number of benzene rings is 1. The Morgan fingerprint density at radius 2 is 2.04 bits per heavy atom. The molecule has 1 aliphatic rings. The highest BCUT2D eigenvalue weighted by molar-refractivity contribution is 5.98. The zero-order valence-corrected chi connectivity index (χ0v) is 17.2. The lowest BCUT2D eigenvalue weighted by Crippen LogP contribution is -2.39. The van der Waals surface area contributed by atoms with Crippen LogP contribution >= 0.6 is 0 Å². The number of carbonyl (C=O) groups is 2. The van der Waals surface area contributed by atoms with Gasteiger partial charge in [-0.25, -0.2) is 4.79 Å². The molecule has 7 nitrogen and oxygen atoms in total. The van der Waals surface area contributed by atoms with E-state index in [1.807, 2.05) is 0 Å². The second kappa shape index (κ2) is 8.22. The fraction of sp³-hybridized carbons (Fsp3) is 0.524. The van der Waals surface area contributed by atoms with Gasteiger partial charge in [0, 0.05) is 11.1 Å². The molecule has 0 amide bonds. The summed E-state index contributed by atoms with van der Waals surface area (Å²) in [6.07, 6.45) is 0.841. The summed E-state index contributed by atoms with van der Waals surface area (Å²) in [6.45, 7) is 8.76. The van der Waals surface area contributed by atoms with E-state index in [1.54, 1.807) is 40.7 Å². The number of phenols is 1. The molecule has 154 valence electrons. The molecule has 2 N–H and O–H groups in total. The summed E-state index contributed by atoms with van der Waals surface area (Å²) in [5.74, 6) is -0.767. The summed E-state index contributed by atoms with van der Waals surface area (Å²) in [5.41, 5.74) is 1.35. The largest absolute Gasteiger partial charge is 0.507 e. The van der Waals surface area contributed by atoms with Gasteiger partial charge in [0.25, 0.3) is 0 Å². The first-order valence-corrected chi connectivity index (χ1v) is 9.18. The van der Waals surface area contributed by atoms with Gasteiger partial charge < -0.3 is 24.4 Å². The molecule has 0 bridgehead atoms. The first kappa shape index (κ1) is 21.8. The number of esters is 2. The summed E-state index contributed by atoms with van der Waals surface area (Å²) >= 11 is 0. The van der Waals surface area contributed by atoms with E-state index in [0.717, 1.165) is 5.56 Å². The standard InChI is InChI=1S/C21H28O7/c1-7-27-20(25)21(4,5)18(23)11(2)8-9-13-16(22)15-14(10-28-19(15)24)12(3)17(13)26-6/h8,18,22-23H,7,9-10H2,1-6H3. The molecule has 0 fully saturated rings. The summed E-state index contributed by atoms with van der Waals surface area (Å²) in [5, 5.41) is 21.3. The molecule has 2 rings (SSSR count). The highest BCUT2D eigenvalue weighted by Gasteiger charge is 2.38. The van der Waals surface area contributed by atoms with Crippen LogP contribution in [0.2, 0.25) is 0 Å². The van der Waals surface area contributed by atoms with Crippen LogP contribution < -0.4 is 4.74 Å². The van der Waals surface area contributed by atoms with Crippen molar-refractivity contribution in [1.29, 1.82) is 0 Å². The van der Waals surface area contributed by atoms with Crippen molar-refractivity contribution >= 4 is 11.9 Å². The average molecular weight is 392 g/mol. The van der Waals surface area contributed by atoms with Gasteiger partial charge in [0.1, 0.15) is 23.7 Å². The number of ether oxygens (including phenoxy) is 3. The lowest BCUT2D eigenvalue weighted by atomic mass is 9.82. The van der Waals surface area contributed by atoms with E-state index in [-0.39, 0.29) is 30.9 Å². The maximum absolute atomic E-state index is 12.1. The Kier molecular flexibility index (Phi) is 6.39. The van der Waals surface area contributed by atoms with Gasteiger partial charge in [0.2, 0.25) is 0 Å². The fourth-order valence-electron chi connectivity index (χ4n) is 3.40. The number of methoxy groups -OCH3 is 1. The maximum Gasteiger partial charge on any atom is 0.342 e. The minimum absolute atomic E-state index is 0.103. The van der Waals surface area contributed by atoms with Gasteiger partial charge in [0.15, 0.2) is 0 Å². The van der Waals surface area contributed by atoms with Crippen LogP contribution in [0.25, 0.3) is 0 Å². The third-order valence-electron chi connectivity index (χ3n) is 5.19. The van der Waals surface area contributed by atoms with Crippen LogP contribution in [0.15, 0.2) is 11.6 Å². The molecule has 1 aromatic rings. The number of aliphatic hydroxyl groups is 1. The van der Waals surface area contributed by atoms with Crippen LogP contribution in [0, 0.1) is 12.3 Å². The number of carbonyl (C=O) groups excluding carboxylic acids is 2. The maximum atomic E-state index is 12.1. The molecule has 0 aliphatic carbocycles. The third kappa shape index (κ3) is 3.71. The molecule has 1 aromatic carbocycles. The van der Waals surface area contributed by atoms with E-state index in [2.05, 4.69) is 0 Å². The van der Waals surface area contributed by atoms with E-state index in [0.29, 0.717) is 22.4 Å². The number of hydrogen-bond donors (Lipinski definition) is 2. The lowest BCUT2D eigenvalue weighted by Gasteiger charge is -2.29. The predicted octanol–water partition coefficient (Wildman–Crippen LogP) is 2.82. The summed E-state index contributed by atoms with van der Waals surface area (Å²) in [6, 6.07) is 0. The first-order valence-electron chi connectivity index (χ1n) is 9.18. The molecular formula is C21H28O7. The van der Waals surface area contributed by atoms with Gasteiger partial charge >= 0.3 is 11.9 Å². The number of cyclic esters (lactones) is 1. The topological polar surface area (TPSA) is 102 Å². The summed E-state index contributed by atoms with van der Waals surface area (Å²) in [4.78, 5) is 24.1. The zero-order chi connectivity index (χ0) is 21.2. The van der Waals surface area contributed by atoms with Gasteiger partial charge in [-0.05, 0) is 52.2 Å². The van der Waals surface area contributed by atoms with Crippen LogP contribution in [-0.4, -0.2) is 42.0 Å². The van der Waals surface area contributed by atoms with E-state index in [9.17, 15) is 19.8 Å². The Morgan fingerprint density at radius 1 is 1.39 bits per heavy atom. The smallest absolute Gasteiger partial charge is 0.342 e. The van der Waals surface area contributed by atoms with Crippen molar-refractivity contribution < 1.29 is 34.0 Å². The average Bonchev–Trinajstić information content (AvgIpc) is 3.04. The highest BCUT2D eigenvalue weighted by Crippen LogP contribution is 2.42. The normalized spacial score (nSPS) is 15.1. The van der Waals surface area contributed by atoms with Crippen molar-refractivity contribution in [3.63, 3.8) is 0 Å². The van der Waals surface area contributed by atoms with E-state index in [1.165, 1.54) is 7.11 Å². The number of rotatable bonds is 7. The number of phenolic OH excluding ortho intramolecular Hbond substituents is 1. The van der Waals surface area contributed by atoms with Gasteiger partial charge in [-0.1, -0.05) is 6.08 Å². The number of fused-ring (bicyclic) bond motifs is 1. The minimum Gasteiger partial charge on any atom is -0.507 e. The molecule has 1 heterocycles. The number of hydrogen-bond acceptors (Lipinski definition) is 7. The molecule has 0 saturated carbocycles. The number of aromatic hydroxyl groups is 1. The molecule has 28 heavy (non-hydrogen) atoms. The minimum atomic E-state index is -1.12. The van der Waals surface area contributed by atoms with Crippen molar-refractivity contribution in [2.75, 3.05) is 13.7 Å². The number of aliphatic hydroxyl groups excluding tert-OH is 1. The Bertz CT molecular complexity index is 821. The lowest BCUT2D eigenvalue weighted by molar-refractivity contribution is -0.158. The Morgan fingerprint density at radius 3 is 2.61 bits per heavy atom. The molecule has 7 heteroatoms. The molecular weight excluding hydrogens is 364 g/mol. The van der Waals surface area contributed by atoms with Crippen LogP contribution in [0.3, 0.4) is 0 Å². The SMILES string of the molecule is CCOC(=O)C(C)(C)C(O)C(C)=CCc1c(O)c2c(c(C)c1OC)COC2=O. The molecule has 0 radical (unpaired) electrons. The fourth-order valence-corrected chi connectivity index (χ4v) is 3.40. The summed E-state index contributed by atoms with van der Waals surface area (Å²) < 4.78 is 15.5. The predicted molar refractivity (Wildman–Crippen MR) is 102 cm³/mol. The van der Waals surface area contributed by atoms with Crippen LogP contribution in [0.5, 0.6) is 11.5 Å². The monoisotopic (exact) mass is 392 g/mol. The number of allylic oxidation sites excluding steroid dienone is 1. The van der Waals surface area contributed by atoms with Crippen LogP contribution in [0.4, 0.5) is 0 Å². The second-order valence-corrected chi connectivity index (χ2v) is 7.41. The van der Waals surface area contributed by atoms with E-state index < -0.39 is 23.5 Å². The summed E-state index contributed by atoms with van der Waals surface area (Å²) in [7, 11) is 1.49. The Hall–Kier alpha value is -2.54. The Balaban J connectivity index is 2.38. The van der Waals surface area contributed by atoms with Gasteiger partial charge in [0.05, 0.1) is 25.2 Å². The molecule has 1 atom stereocenters. The van der Waals surface area contributed by atoms with Crippen molar-refractivity contribution in [1.82, 2.24) is 0 Å². The molecule has 1 unspecified atom stereocenters. The molecule has 0 aromatic heterocycles. The van der Waals surface area contributed by atoms with Crippen molar-refractivity contribution in [2.45, 2.75) is 53.8 Å². The zero-order valence-electron chi connectivity index (χ0n) is 17.2. The van der Waals surface area contributed by atoms with Crippen molar-refractivity contribution in [3.8, 4) is 11.5 Å². The second-order valence-electron chi connectivity index (χ2n) is 7.41.